The van der Waals surface area contributed by atoms with Gasteiger partial charge in [0.05, 0.1) is 37.3 Å². The van der Waals surface area contributed by atoms with Crippen molar-refractivity contribution < 1.29 is 53.4 Å². The zero-order chi connectivity index (χ0) is 41.5. The van der Waals surface area contributed by atoms with E-state index in [1.807, 2.05) is 0 Å². The van der Waals surface area contributed by atoms with Gasteiger partial charge in [0.1, 0.15) is 0 Å². The molecule has 2 unspecified atom stereocenters. The number of nitrogens with two attached hydrogens (primary N) is 6. The van der Waals surface area contributed by atoms with Crippen molar-refractivity contribution in [1.82, 2.24) is 21.3 Å². The Balaban J connectivity index is 5.84. The lowest BCUT2D eigenvalue weighted by Crippen LogP contribution is -2.53. The number of Topliss-reactive ketones (excluding diaryl/α,β-unsaturated/α-hetero) is 3. The first-order chi connectivity index (χ1) is 25.2. The van der Waals surface area contributed by atoms with Gasteiger partial charge in [-0.2, -0.15) is 0 Å². The van der Waals surface area contributed by atoms with Crippen molar-refractivity contribution in [3.8, 4) is 0 Å². The molecule has 0 spiro atoms. The molecule has 54 heavy (non-hydrogen) atoms. The molecule has 23 nitrogen and oxygen atoms in total. The van der Waals surface area contributed by atoms with E-state index in [0.717, 1.165) is 0 Å². The number of hydrogen-bond donors (Lipinski definition) is 12. The minimum Gasteiger partial charge on any atom is -0.481 e. The van der Waals surface area contributed by atoms with Crippen molar-refractivity contribution in [2.45, 2.75) is 86.3 Å². The molecule has 0 aromatic rings. The lowest BCUT2D eigenvalue weighted by atomic mass is 9.96. The fourth-order valence-corrected chi connectivity index (χ4v) is 4.87. The molecule has 0 aromatic heterocycles. The maximum Gasteiger partial charge on any atom is 0.303 e. The smallest absolute Gasteiger partial charge is 0.303 e. The Bertz CT molecular complexity index is 1320. The Kier molecular flexibility index (Phi) is 23.3. The number of aliphatic carboxylic acids is 2. The van der Waals surface area contributed by atoms with Gasteiger partial charge in [0.15, 0.2) is 40.0 Å². The number of guanidine groups is 2. The number of aliphatic imine (C=N–C) groups is 2. The summed E-state index contributed by atoms with van der Waals surface area (Å²) in [4.78, 5) is 119. The second-order valence-corrected chi connectivity index (χ2v) is 12.5. The zero-order valence-electron chi connectivity index (χ0n) is 29.1. The molecule has 4 amide bonds. The number of carbonyl (C=O) groups excluding carboxylic acids is 7. The molecule has 6 atom stereocenters. The molecule has 304 valence electrons. The van der Waals surface area contributed by atoms with E-state index in [1.54, 1.807) is 0 Å². The van der Waals surface area contributed by atoms with Crippen LogP contribution in [0.25, 0.3) is 0 Å². The van der Waals surface area contributed by atoms with Gasteiger partial charge in [0.2, 0.25) is 23.6 Å². The van der Waals surface area contributed by atoms with Crippen LogP contribution in [0.3, 0.4) is 0 Å². The van der Waals surface area contributed by atoms with Crippen LogP contribution in [0.15, 0.2) is 9.98 Å². The Morgan fingerprint density at radius 3 is 1.19 bits per heavy atom. The number of alkyl halides is 2. The first-order valence-electron chi connectivity index (χ1n) is 16.3. The topological polar surface area (TPSA) is 423 Å². The van der Waals surface area contributed by atoms with Crippen LogP contribution in [0, 0.1) is 0 Å². The van der Waals surface area contributed by atoms with Gasteiger partial charge >= 0.3 is 11.9 Å². The standard InChI is InChI=1S/C29H48Cl2N12O11/c30-21(23(50)15(3-1-9-38-28(34)35)42-17(44)11-40-26(53)13(32)5-7-19(46)47)25(52)22(31)24(51)16(4-2-10-39-29(36)37)43-18(45)12-41-27(54)14(33)6-8-20(48)49/h13-16,21-22H,1-12,32-33H2,(H,40,53)(H,41,54)(H,42,44)(H,43,45)(H,46,47)(H,48,49)(H4,34,35,38)(H4,36,37,39)/t13-,14-,15+,16+,21?,22?/m1/s1. The third-order valence-electron chi connectivity index (χ3n) is 7.11. The Morgan fingerprint density at radius 1 is 0.556 bits per heavy atom. The highest BCUT2D eigenvalue weighted by Gasteiger charge is 2.39. The van der Waals surface area contributed by atoms with Gasteiger partial charge in [-0.15, -0.1) is 23.2 Å². The fourth-order valence-electron chi connectivity index (χ4n) is 4.25. The van der Waals surface area contributed by atoms with Crippen LogP contribution in [0.5, 0.6) is 0 Å². The first kappa shape index (κ1) is 48.9. The zero-order valence-corrected chi connectivity index (χ0v) is 30.6. The highest BCUT2D eigenvalue weighted by Crippen LogP contribution is 2.16. The van der Waals surface area contributed by atoms with E-state index in [1.165, 1.54) is 0 Å². The molecule has 0 radical (unpaired) electrons. The molecule has 0 bridgehead atoms. The SMILES string of the molecule is NC(N)=NCCC[C@H](NC(=O)CNC(=O)[C@H](N)CCC(=O)O)C(=O)C(Cl)C(=O)C(Cl)C(=O)[C@H](CCCN=C(N)N)NC(=O)CNC(=O)[C@H](N)CCC(=O)O. The van der Waals surface area contributed by atoms with E-state index in [4.69, 9.17) is 67.8 Å². The lowest BCUT2D eigenvalue weighted by molar-refractivity contribution is -0.138. The molecule has 0 aliphatic heterocycles. The highest BCUT2D eigenvalue weighted by atomic mass is 35.5. The van der Waals surface area contributed by atoms with Crippen molar-refractivity contribution in [2.24, 2.45) is 44.4 Å². The van der Waals surface area contributed by atoms with Crippen molar-refractivity contribution in [3.63, 3.8) is 0 Å². The predicted octanol–water partition coefficient (Wildman–Crippen LogP) is -5.40. The summed E-state index contributed by atoms with van der Waals surface area (Å²) in [6, 6.07) is -5.48. The number of amides is 4. The molecule has 25 heteroatoms. The number of carboxylic acids is 2. The fraction of sp³-hybridized carbons (Fsp3) is 0.621. The molecule has 0 aliphatic carbocycles. The normalized spacial score (nSPS) is 14.0. The predicted molar refractivity (Wildman–Crippen MR) is 194 cm³/mol. The molecule has 0 fully saturated rings. The third kappa shape index (κ3) is 20.8. The van der Waals surface area contributed by atoms with Crippen molar-refractivity contribution in [3.05, 3.63) is 0 Å². The number of carboxylic acid groups (broad SMARTS) is 2. The molecule has 0 saturated carbocycles. The highest BCUT2D eigenvalue weighted by molar-refractivity contribution is 6.52. The summed E-state index contributed by atoms with van der Waals surface area (Å²) < 4.78 is 0. The molecule has 0 aliphatic rings. The molecule has 18 N–H and O–H groups in total. The second-order valence-electron chi connectivity index (χ2n) is 11.6. The number of ketones is 3. The Morgan fingerprint density at radius 2 is 0.889 bits per heavy atom. The quantitative estimate of drug-likeness (QED) is 0.0115. The minimum absolute atomic E-state index is 0.00930. The van der Waals surface area contributed by atoms with Gasteiger partial charge in [-0.25, -0.2) is 0 Å². The maximum atomic E-state index is 13.4. The number of rotatable bonds is 28. The summed E-state index contributed by atoms with van der Waals surface area (Å²) in [5.74, 6) is -9.97. The van der Waals surface area contributed by atoms with Gasteiger partial charge < -0.3 is 65.9 Å². The summed E-state index contributed by atoms with van der Waals surface area (Å²) >= 11 is 12.4. The van der Waals surface area contributed by atoms with Gasteiger partial charge in [-0.05, 0) is 38.5 Å². The Labute approximate surface area is 319 Å². The number of carbonyl (C=O) groups is 9. The first-order valence-corrected chi connectivity index (χ1v) is 17.1. The Hall–Kier alpha value is -5.13. The van der Waals surface area contributed by atoms with E-state index in [9.17, 15) is 43.2 Å². The van der Waals surface area contributed by atoms with Crippen molar-refractivity contribution in [2.75, 3.05) is 26.2 Å². The summed E-state index contributed by atoms with van der Waals surface area (Å²) in [7, 11) is 0. The number of hydrogen-bond acceptors (Lipinski definition) is 13. The molecular formula is C29H48Cl2N12O11. The maximum absolute atomic E-state index is 13.4. The van der Waals surface area contributed by atoms with Crippen LogP contribution in [0.4, 0.5) is 0 Å². The lowest BCUT2D eigenvalue weighted by Gasteiger charge is -2.23. The van der Waals surface area contributed by atoms with Crippen LogP contribution < -0.4 is 55.7 Å². The summed E-state index contributed by atoms with van der Waals surface area (Å²) in [6.07, 6.45) is -1.45. The van der Waals surface area contributed by atoms with Crippen molar-refractivity contribution >= 4 is 88.0 Å². The van der Waals surface area contributed by atoms with Crippen LogP contribution in [-0.2, 0) is 43.2 Å². The summed E-state index contributed by atoms with van der Waals surface area (Å²) in [5, 5.41) is 22.3. The number of nitrogens with one attached hydrogen (secondary N) is 4. The molecular weight excluding hydrogens is 763 g/mol. The van der Waals surface area contributed by atoms with Crippen LogP contribution >= 0.6 is 23.2 Å². The molecule has 0 rings (SSSR count). The van der Waals surface area contributed by atoms with Gasteiger partial charge in [-0.3, -0.25) is 53.1 Å². The average molecular weight is 812 g/mol. The monoisotopic (exact) mass is 810 g/mol. The van der Waals surface area contributed by atoms with Crippen molar-refractivity contribution in [1.29, 1.82) is 0 Å². The minimum atomic E-state index is -2.12. The van der Waals surface area contributed by atoms with Crippen LogP contribution in [0.2, 0.25) is 0 Å². The largest absolute Gasteiger partial charge is 0.481 e. The summed E-state index contributed by atoms with van der Waals surface area (Å²) in [5.41, 5.74) is 32.5. The van der Waals surface area contributed by atoms with E-state index >= 15 is 0 Å². The van der Waals surface area contributed by atoms with E-state index in [0.29, 0.717) is 0 Å². The third-order valence-corrected chi connectivity index (χ3v) is 7.97. The van der Waals surface area contributed by atoms with E-state index in [2.05, 4.69) is 31.3 Å². The molecule has 0 saturated heterocycles. The van der Waals surface area contributed by atoms with Gasteiger partial charge in [0, 0.05) is 25.9 Å². The van der Waals surface area contributed by atoms with Gasteiger partial charge in [0.25, 0.3) is 0 Å². The average Bonchev–Trinajstić information content (AvgIpc) is 3.11. The second kappa shape index (κ2) is 25.8. The summed E-state index contributed by atoms with van der Waals surface area (Å²) in [6.45, 7) is -1.43. The van der Waals surface area contributed by atoms with Crippen LogP contribution in [-0.4, -0.2) is 136 Å². The van der Waals surface area contributed by atoms with Gasteiger partial charge in [-0.1, -0.05) is 0 Å². The molecule has 0 heterocycles. The van der Waals surface area contributed by atoms with Crippen LogP contribution in [0.1, 0.15) is 51.4 Å². The molecule has 0 aromatic carbocycles. The number of halogens is 2. The van der Waals surface area contributed by atoms with E-state index < -0.39 is 114 Å². The van der Waals surface area contributed by atoms with E-state index in [-0.39, 0.29) is 63.5 Å². The number of nitrogens with zero attached hydrogens (tertiary/aromatic N) is 2.